The normalized spacial score (nSPS) is 17.5. The van der Waals surface area contributed by atoms with Crippen LogP contribution in [0.25, 0.3) is 11.4 Å². The van der Waals surface area contributed by atoms with Gasteiger partial charge >= 0.3 is 0 Å². The molecule has 0 radical (unpaired) electrons. The first kappa shape index (κ1) is 13.2. The molecule has 0 amide bonds. The molecule has 2 heterocycles. The average molecular weight is 275 g/mol. The van der Waals surface area contributed by atoms with Crippen LogP contribution in [0.3, 0.4) is 0 Å². The van der Waals surface area contributed by atoms with E-state index in [0.29, 0.717) is 18.3 Å². The van der Waals surface area contributed by atoms with Crippen molar-refractivity contribution in [3.63, 3.8) is 0 Å². The highest BCUT2D eigenvalue weighted by atomic mass is 19.1. The fourth-order valence-corrected chi connectivity index (χ4v) is 2.45. The van der Waals surface area contributed by atoms with Crippen molar-refractivity contribution in [2.45, 2.75) is 26.3 Å². The van der Waals surface area contributed by atoms with Crippen molar-refractivity contribution >= 4 is 0 Å². The molecule has 5 heteroatoms. The maximum atomic E-state index is 12.9. The highest BCUT2D eigenvalue weighted by Gasteiger charge is 2.18. The Labute approximate surface area is 117 Å². The molecule has 106 valence electrons. The second-order valence-electron chi connectivity index (χ2n) is 5.48. The summed E-state index contributed by atoms with van der Waals surface area (Å²) < 4.78 is 18.2. The van der Waals surface area contributed by atoms with Gasteiger partial charge in [0.2, 0.25) is 11.7 Å². The van der Waals surface area contributed by atoms with Crippen molar-refractivity contribution in [2.75, 3.05) is 13.1 Å². The Morgan fingerprint density at radius 2 is 1.95 bits per heavy atom. The number of aromatic nitrogens is 2. The quantitative estimate of drug-likeness (QED) is 0.863. The predicted molar refractivity (Wildman–Crippen MR) is 73.4 cm³/mol. The van der Waals surface area contributed by atoms with E-state index < -0.39 is 0 Å². The third kappa shape index (κ3) is 3.04. The molecule has 0 N–H and O–H groups in total. The molecule has 0 unspecified atom stereocenters. The molecule has 3 rings (SSSR count). The first-order chi connectivity index (χ1) is 9.70. The summed E-state index contributed by atoms with van der Waals surface area (Å²) in [7, 11) is 0. The van der Waals surface area contributed by atoms with Gasteiger partial charge in [-0.15, -0.1) is 0 Å². The van der Waals surface area contributed by atoms with Gasteiger partial charge in [-0.25, -0.2) is 4.39 Å². The van der Waals surface area contributed by atoms with E-state index in [4.69, 9.17) is 4.52 Å². The molecule has 0 bridgehead atoms. The van der Waals surface area contributed by atoms with E-state index in [0.717, 1.165) is 24.6 Å². The Hall–Kier alpha value is -1.75. The third-order valence-electron chi connectivity index (χ3n) is 3.81. The van der Waals surface area contributed by atoms with Crippen molar-refractivity contribution in [1.82, 2.24) is 15.0 Å². The zero-order valence-corrected chi connectivity index (χ0v) is 11.6. The second kappa shape index (κ2) is 5.71. The highest BCUT2D eigenvalue weighted by Crippen LogP contribution is 2.20. The second-order valence-corrected chi connectivity index (χ2v) is 5.48. The molecule has 0 saturated carbocycles. The largest absolute Gasteiger partial charge is 0.338 e. The van der Waals surface area contributed by atoms with Crippen LogP contribution >= 0.6 is 0 Å². The van der Waals surface area contributed by atoms with E-state index in [9.17, 15) is 4.39 Å². The number of benzene rings is 1. The van der Waals surface area contributed by atoms with Gasteiger partial charge in [0.1, 0.15) is 5.82 Å². The number of hydrogen-bond donors (Lipinski definition) is 0. The average Bonchev–Trinajstić information content (AvgIpc) is 2.91. The summed E-state index contributed by atoms with van der Waals surface area (Å²) in [5.41, 5.74) is 0.772. The monoisotopic (exact) mass is 275 g/mol. The Kier molecular flexibility index (Phi) is 3.78. The van der Waals surface area contributed by atoms with Gasteiger partial charge in [-0.1, -0.05) is 12.1 Å². The summed E-state index contributed by atoms with van der Waals surface area (Å²) in [6.07, 6.45) is 2.44. The van der Waals surface area contributed by atoms with Crippen molar-refractivity contribution in [3.05, 3.63) is 36.0 Å². The maximum Gasteiger partial charge on any atom is 0.241 e. The lowest BCUT2D eigenvalue weighted by Crippen LogP contribution is -2.32. The first-order valence-corrected chi connectivity index (χ1v) is 7.01. The summed E-state index contributed by atoms with van der Waals surface area (Å²) in [4.78, 5) is 6.72. The standard InChI is InChI=1S/C15H18FN3O/c1-11-6-8-19(9-7-11)10-14-17-15(18-20-14)12-2-4-13(16)5-3-12/h2-5,11H,6-10H2,1H3. The molecule has 0 atom stereocenters. The van der Waals surface area contributed by atoms with Gasteiger partial charge in [-0.3, -0.25) is 4.90 Å². The van der Waals surface area contributed by atoms with Gasteiger partial charge in [-0.05, 0) is 56.1 Å². The van der Waals surface area contributed by atoms with Gasteiger partial charge in [0, 0.05) is 5.56 Å². The van der Waals surface area contributed by atoms with Crippen LogP contribution in [0.5, 0.6) is 0 Å². The van der Waals surface area contributed by atoms with Crippen LogP contribution in [0.2, 0.25) is 0 Å². The molecular formula is C15H18FN3O. The summed E-state index contributed by atoms with van der Waals surface area (Å²) in [5.74, 6) is 1.69. The van der Waals surface area contributed by atoms with Crippen molar-refractivity contribution in [1.29, 1.82) is 0 Å². The molecule has 1 aromatic carbocycles. The molecule has 0 spiro atoms. The topological polar surface area (TPSA) is 42.2 Å². The molecule has 0 aliphatic carbocycles. The van der Waals surface area contributed by atoms with E-state index in [1.54, 1.807) is 12.1 Å². The van der Waals surface area contributed by atoms with E-state index in [1.807, 2.05) is 0 Å². The Balaban J connectivity index is 1.66. The lowest BCUT2D eigenvalue weighted by atomic mass is 9.99. The molecule has 1 saturated heterocycles. The molecule has 20 heavy (non-hydrogen) atoms. The Morgan fingerprint density at radius 1 is 1.25 bits per heavy atom. The molecule has 4 nitrogen and oxygen atoms in total. The SMILES string of the molecule is CC1CCN(Cc2nc(-c3ccc(F)cc3)no2)CC1. The fraction of sp³-hybridized carbons (Fsp3) is 0.467. The van der Waals surface area contributed by atoms with Crippen LogP contribution in [-0.2, 0) is 6.54 Å². The molecule has 1 aliphatic rings. The zero-order valence-electron chi connectivity index (χ0n) is 11.6. The van der Waals surface area contributed by atoms with E-state index in [2.05, 4.69) is 22.0 Å². The molecule has 1 aliphatic heterocycles. The lowest BCUT2D eigenvalue weighted by molar-refractivity contribution is 0.165. The van der Waals surface area contributed by atoms with Crippen molar-refractivity contribution in [2.24, 2.45) is 5.92 Å². The van der Waals surface area contributed by atoms with Crippen LogP contribution in [0, 0.1) is 11.7 Å². The third-order valence-corrected chi connectivity index (χ3v) is 3.81. The van der Waals surface area contributed by atoms with Gasteiger partial charge < -0.3 is 4.52 Å². The van der Waals surface area contributed by atoms with Gasteiger partial charge in [-0.2, -0.15) is 4.98 Å². The van der Waals surface area contributed by atoms with Crippen LogP contribution < -0.4 is 0 Å². The first-order valence-electron chi connectivity index (χ1n) is 7.01. The number of piperidine rings is 1. The fourth-order valence-electron chi connectivity index (χ4n) is 2.45. The van der Waals surface area contributed by atoms with E-state index in [1.165, 1.54) is 25.0 Å². The summed E-state index contributed by atoms with van der Waals surface area (Å²) >= 11 is 0. The summed E-state index contributed by atoms with van der Waals surface area (Å²) in [5, 5.41) is 3.96. The van der Waals surface area contributed by atoms with Crippen LogP contribution in [-0.4, -0.2) is 28.1 Å². The molecular weight excluding hydrogens is 257 g/mol. The van der Waals surface area contributed by atoms with Crippen LogP contribution in [0.1, 0.15) is 25.7 Å². The molecule has 1 fully saturated rings. The summed E-state index contributed by atoms with van der Waals surface area (Å²) in [6.45, 7) is 5.14. The van der Waals surface area contributed by atoms with E-state index >= 15 is 0 Å². The van der Waals surface area contributed by atoms with Gasteiger partial charge in [0.25, 0.3) is 0 Å². The Morgan fingerprint density at radius 3 is 2.65 bits per heavy atom. The number of hydrogen-bond acceptors (Lipinski definition) is 4. The minimum absolute atomic E-state index is 0.264. The minimum Gasteiger partial charge on any atom is -0.338 e. The molecule has 1 aromatic heterocycles. The number of nitrogens with zero attached hydrogens (tertiary/aromatic N) is 3. The van der Waals surface area contributed by atoms with Crippen LogP contribution in [0.4, 0.5) is 4.39 Å². The van der Waals surface area contributed by atoms with Crippen LogP contribution in [0.15, 0.2) is 28.8 Å². The minimum atomic E-state index is -0.264. The maximum absolute atomic E-state index is 12.9. The van der Waals surface area contributed by atoms with Gasteiger partial charge in [0.15, 0.2) is 0 Å². The van der Waals surface area contributed by atoms with Crippen molar-refractivity contribution < 1.29 is 8.91 Å². The highest BCUT2D eigenvalue weighted by molar-refractivity contribution is 5.53. The predicted octanol–water partition coefficient (Wildman–Crippen LogP) is 3.11. The number of halogens is 1. The summed E-state index contributed by atoms with van der Waals surface area (Å²) in [6, 6.07) is 6.12. The van der Waals surface area contributed by atoms with E-state index in [-0.39, 0.29) is 5.82 Å². The number of rotatable bonds is 3. The zero-order chi connectivity index (χ0) is 13.9. The van der Waals surface area contributed by atoms with Gasteiger partial charge in [0.05, 0.1) is 6.54 Å². The smallest absolute Gasteiger partial charge is 0.241 e. The lowest BCUT2D eigenvalue weighted by Gasteiger charge is -2.28. The van der Waals surface area contributed by atoms with Crippen molar-refractivity contribution in [3.8, 4) is 11.4 Å². The molecule has 2 aromatic rings. The Bertz CT molecular complexity index is 559. The number of likely N-dealkylation sites (tertiary alicyclic amines) is 1.